The minimum atomic E-state index is 0.0885. The molecule has 12 aromatic carbocycles. The van der Waals surface area contributed by atoms with Crippen LogP contribution in [0.2, 0.25) is 0 Å². The predicted octanol–water partition coefficient (Wildman–Crippen LogP) is 13.1. The SMILES string of the molecule is c1ccc2c(c1)B1c3ccccc3N(c3ccc4ccc(-c5ccc6c(c5)c5cccc7c5n6-c5cccc6c5B7c5cccc7c8ccccc8n-6c57)cc4c3)c3cccc(c31)N2c1ccc2ccccc2c1. The van der Waals surface area contributed by atoms with E-state index in [1.54, 1.807) is 0 Å². The van der Waals surface area contributed by atoms with E-state index in [0.29, 0.717) is 0 Å². The lowest BCUT2D eigenvalue weighted by Gasteiger charge is -2.44. The number of fused-ring (bicyclic) bond motifs is 16. The van der Waals surface area contributed by atoms with Crippen molar-refractivity contribution >= 4 is 145 Å². The summed E-state index contributed by atoms with van der Waals surface area (Å²) in [7, 11) is 0. The smallest absolute Gasteiger partial charge is 0.252 e. The van der Waals surface area contributed by atoms with E-state index in [9.17, 15) is 0 Å². The number of nitrogens with zero attached hydrogens (tertiary/aromatic N) is 4. The van der Waals surface area contributed by atoms with Gasteiger partial charge in [0, 0.05) is 78.1 Å². The highest BCUT2D eigenvalue weighted by molar-refractivity contribution is 7.01. The van der Waals surface area contributed by atoms with E-state index in [2.05, 4.69) is 262 Å². The Morgan fingerprint density at radius 1 is 0.257 bits per heavy atom. The van der Waals surface area contributed by atoms with E-state index >= 15 is 0 Å². The quantitative estimate of drug-likeness (QED) is 0.164. The number of aromatic nitrogens is 2. The molecule has 0 aliphatic carbocycles. The molecule has 4 aliphatic rings. The highest BCUT2D eigenvalue weighted by Crippen LogP contribution is 2.46. The Kier molecular flexibility index (Phi) is 7.47. The first kappa shape index (κ1) is 39.1. The zero-order valence-electron chi connectivity index (χ0n) is 40.0. The standard InChI is InChI=1S/C68H40B2N4/c1-2-14-43-38-47(34-31-41(43)13-1)71-59-23-7-4-18-53(59)69-54-19-5-8-24-60(54)72(62-26-11-25-61(71)65(62)69)48-35-32-42-29-30-44(37-46(42)39-48)45-33-36-58-52(40-45)51-17-10-21-56-68(51)74(58)64-28-12-27-63-66(64)70(56)55-20-9-16-50-49-15-3-6-22-57(49)73(63)67(50)55/h1-40H. The summed E-state index contributed by atoms with van der Waals surface area (Å²) in [6.45, 7) is 0.223. The maximum Gasteiger partial charge on any atom is 0.252 e. The van der Waals surface area contributed by atoms with Crippen LogP contribution in [0.15, 0.2) is 243 Å². The van der Waals surface area contributed by atoms with Crippen molar-refractivity contribution < 1.29 is 0 Å². The summed E-state index contributed by atoms with van der Waals surface area (Å²) in [4.78, 5) is 5.00. The molecule has 0 saturated carbocycles. The molecule has 4 aliphatic heterocycles. The molecule has 6 heteroatoms. The second-order valence-corrected chi connectivity index (χ2v) is 20.8. The predicted molar refractivity (Wildman–Crippen MR) is 314 cm³/mol. The molecule has 0 unspecified atom stereocenters. The first-order chi connectivity index (χ1) is 36.7. The lowest BCUT2D eigenvalue weighted by atomic mass is 9.33. The molecule has 74 heavy (non-hydrogen) atoms. The Balaban J connectivity index is 0.786. The molecule has 4 nitrogen and oxygen atoms in total. The molecule has 0 amide bonds. The summed E-state index contributed by atoms with van der Waals surface area (Å²) >= 11 is 0. The molecule has 0 bridgehead atoms. The average Bonchev–Trinajstić information content (AvgIpc) is 4.02. The monoisotopic (exact) mass is 934 g/mol. The van der Waals surface area contributed by atoms with E-state index < -0.39 is 0 Å². The van der Waals surface area contributed by atoms with E-state index in [-0.39, 0.29) is 13.4 Å². The van der Waals surface area contributed by atoms with Crippen LogP contribution >= 0.6 is 0 Å². The molecule has 18 rings (SSSR count). The van der Waals surface area contributed by atoms with Crippen LogP contribution in [0, 0.1) is 0 Å². The van der Waals surface area contributed by atoms with Crippen LogP contribution in [0.3, 0.4) is 0 Å². The minimum absolute atomic E-state index is 0.0885. The third kappa shape index (κ3) is 4.95. The van der Waals surface area contributed by atoms with Gasteiger partial charge in [-0.05, 0) is 150 Å². The summed E-state index contributed by atoms with van der Waals surface area (Å²) in [6, 6.07) is 91.5. The number of hydrogen-bond donors (Lipinski definition) is 0. The van der Waals surface area contributed by atoms with Crippen molar-refractivity contribution in [2.75, 3.05) is 9.80 Å². The van der Waals surface area contributed by atoms with Crippen molar-refractivity contribution in [3.8, 4) is 22.5 Å². The van der Waals surface area contributed by atoms with E-state index in [4.69, 9.17) is 0 Å². The molecule has 0 saturated heterocycles. The zero-order valence-corrected chi connectivity index (χ0v) is 40.0. The number of hydrogen-bond acceptors (Lipinski definition) is 2. The highest BCUT2D eigenvalue weighted by Gasteiger charge is 2.44. The van der Waals surface area contributed by atoms with Gasteiger partial charge < -0.3 is 18.9 Å². The number of rotatable bonds is 3. The molecular weight excluding hydrogens is 894 g/mol. The second-order valence-electron chi connectivity index (χ2n) is 20.8. The summed E-state index contributed by atoms with van der Waals surface area (Å²) < 4.78 is 5.09. The third-order valence-corrected chi connectivity index (χ3v) is 17.2. The Morgan fingerprint density at radius 3 is 1.41 bits per heavy atom. The fourth-order valence-electron chi connectivity index (χ4n) is 14.3. The molecular formula is C68H40B2N4. The van der Waals surface area contributed by atoms with Gasteiger partial charge in [0.1, 0.15) is 0 Å². The first-order valence-corrected chi connectivity index (χ1v) is 25.9. The molecule has 0 spiro atoms. The molecule has 0 N–H and O–H groups in total. The van der Waals surface area contributed by atoms with Crippen LogP contribution in [-0.4, -0.2) is 22.6 Å². The van der Waals surface area contributed by atoms with Crippen molar-refractivity contribution in [1.29, 1.82) is 0 Å². The van der Waals surface area contributed by atoms with Gasteiger partial charge in [0.15, 0.2) is 0 Å². The van der Waals surface area contributed by atoms with E-state index in [1.165, 1.54) is 143 Å². The molecule has 0 fully saturated rings. The van der Waals surface area contributed by atoms with Crippen LogP contribution in [0.5, 0.6) is 0 Å². The number of benzene rings is 12. The van der Waals surface area contributed by atoms with Crippen LogP contribution in [-0.2, 0) is 0 Å². The molecule has 2 aromatic heterocycles. The molecule has 338 valence electrons. The van der Waals surface area contributed by atoms with Crippen molar-refractivity contribution in [3.63, 3.8) is 0 Å². The minimum Gasteiger partial charge on any atom is -0.311 e. The van der Waals surface area contributed by atoms with Crippen molar-refractivity contribution in [2.24, 2.45) is 0 Å². The van der Waals surface area contributed by atoms with Gasteiger partial charge in [-0.3, -0.25) is 0 Å². The van der Waals surface area contributed by atoms with Gasteiger partial charge in [-0.25, -0.2) is 0 Å². The van der Waals surface area contributed by atoms with Gasteiger partial charge in [0.2, 0.25) is 0 Å². The molecule has 6 heterocycles. The van der Waals surface area contributed by atoms with Crippen LogP contribution < -0.4 is 42.6 Å². The Bertz CT molecular complexity index is 4850. The Hall–Kier alpha value is -9.51. The maximum absolute atomic E-state index is 2.56. The zero-order chi connectivity index (χ0) is 47.9. The first-order valence-electron chi connectivity index (χ1n) is 25.9. The van der Waals surface area contributed by atoms with Crippen molar-refractivity contribution in [2.45, 2.75) is 0 Å². The molecule has 0 radical (unpaired) electrons. The van der Waals surface area contributed by atoms with Crippen molar-refractivity contribution in [3.05, 3.63) is 243 Å². The highest BCUT2D eigenvalue weighted by atomic mass is 15.2. The number of para-hydroxylation sites is 5. The fourth-order valence-corrected chi connectivity index (χ4v) is 14.3. The lowest BCUT2D eigenvalue weighted by molar-refractivity contribution is 1.14. The van der Waals surface area contributed by atoms with E-state index in [0.717, 1.165) is 11.4 Å². The lowest BCUT2D eigenvalue weighted by Crippen LogP contribution is -2.61. The van der Waals surface area contributed by atoms with Crippen LogP contribution in [0.1, 0.15) is 0 Å². The molecule has 0 atom stereocenters. The van der Waals surface area contributed by atoms with E-state index in [1.807, 2.05) is 0 Å². The van der Waals surface area contributed by atoms with Gasteiger partial charge in [-0.2, -0.15) is 0 Å². The van der Waals surface area contributed by atoms with Gasteiger partial charge >= 0.3 is 0 Å². The summed E-state index contributed by atoms with van der Waals surface area (Å²) in [6.07, 6.45) is 0. The number of anilines is 6. The van der Waals surface area contributed by atoms with Gasteiger partial charge in [-0.1, -0.05) is 158 Å². The summed E-state index contributed by atoms with van der Waals surface area (Å²) in [5, 5.41) is 10.1. The topological polar surface area (TPSA) is 16.3 Å². The Morgan fingerprint density at radius 2 is 0.703 bits per heavy atom. The molecule has 14 aromatic rings. The van der Waals surface area contributed by atoms with Gasteiger partial charge in [0.05, 0.1) is 11.0 Å². The van der Waals surface area contributed by atoms with Crippen LogP contribution in [0.4, 0.5) is 34.1 Å². The normalized spacial score (nSPS) is 13.6. The van der Waals surface area contributed by atoms with Gasteiger partial charge in [0.25, 0.3) is 13.4 Å². The summed E-state index contributed by atoms with van der Waals surface area (Å²) in [5.41, 5.74) is 25.4. The Labute approximate surface area is 427 Å². The maximum atomic E-state index is 2.56. The third-order valence-electron chi connectivity index (χ3n) is 17.2. The van der Waals surface area contributed by atoms with Gasteiger partial charge in [-0.15, -0.1) is 0 Å². The van der Waals surface area contributed by atoms with Crippen molar-refractivity contribution in [1.82, 2.24) is 9.13 Å². The fraction of sp³-hybridized carbons (Fsp3) is 0. The largest absolute Gasteiger partial charge is 0.311 e. The summed E-state index contributed by atoms with van der Waals surface area (Å²) in [5.74, 6) is 0. The van der Waals surface area contributed by atoms with Crippen LogP contribution in [0.25, 0.3) is 87.7 Å². The second kappa shape index (κ2) is 14.1. The average molecular weight is 935 g/mol.